The van der Waals surface area contributed by atoms with Gasteiger partial charge in [-0.05, 0) is 41.5 Å². The van der Waals surface area contributed by atoms with Crippen LogP contribution in [0.3, 0.4) is 0 Å². The molecule has 5 nitrogen and oxygen atoms in total. The van der Waals surface area contributed by atoms with Gasteiger partial charge in [-0.2, -0.15) is 0 Å². The van der Waals surface area contributed by atoms with Crippen LogP contribution in [0.25, 0.3) is 11.1 Å². The summed E-state index contributed by atoms with van der Waals surface area (Å²) in [5.41, 5.74) is 3.74. The van der Waals surface area contributed by atoms with Gasteiger partial charge in [-0.3, -0.25) is 10.1 Å². The molecule has 0 aromatic heterocycles. The van der Waals surface area contributed by atoms with Gasteiger partial charge < -0.3 is 10.1 Å². The highest BCUT2D eigenvalue weighted by molar-refractivity contribution is 6.34. The van der Waals surface area contributed by atoms with Crippen molar-refractivity contribution < 1.29 is 14.3 Å². The molecule has 6 heteroatoms. The molecular weight excluding hydrogens is 448 g/mol. The number of benzene rings is 4. The van der Waals surface area contributed by atoms with Crippen LogP contribution in [-0.4, -0.2) is 18.5 Å². The monoisotopic (exact) mass is 470 g/mol. The molecule has 0 aliphatic carbocycles. The first kappa shape index (κ1) is 23.1. The summed E-state index contributed by atoms with van der Waals surface area (Å²) in [5, 5.41) is 5.29. The molecule has 170 valence electrons. The summed E-state index contributed by atoms with van der Waals surface area (Å²) in [5.74, 6) is 0.132. The Morgan fingerprint density at radius 3 is 2.21 bits per heavy atom. The summed E-state index contributed by atoms with van der Waals surface area (Å²) in [4.78, 5) is 24.8. The number of halogens is 1. The van der Waals surface area contributed by atoms with Gasteiger partial charge in [0.25, 0.3) is 5.91 Å². The predicted molar refractivity (Wildman–Crippen MR) is 135 cm³/mol. The van der Waals surface area contributed by atoms with Crippen molar-refractivity contribution in [2.75, 3.05) is 11.9 Å². The normalized spacial score (nSPS) is 10.4. The maximum atomic E-state index is 12.5. The van der Waals surface area contributed by atoms with Crippen molar-refractivity contribution in [2.45, 2.75) is 6.42 Å². The molecule has 0 bridgehead atoms. The van der Waals surface area contributed by atoms with Crippen LogP contribution in [-0.2, 0) is 6.42 Å². The van der Waals surface area contributed by atoms with E-state index in [1.54, 1.807) is 30.3 Å². The minimum Gasteiger partial charge on any atom is -0.493 e. The Hall–Kier alpha value is -4.09. The second kappa shape index (κ2) is 11.2. The molecule has 0 aliphatic heterocycles. The van der Waals surface area contributed by atoms with Crippen LogP contribution < -0.4 is 15.4 Å². The molecule has 0 unspecified atom stereocenters. The van der Waals surface area contributed by atoms with Gasteiger partial charge in [0.1, 0.15) is 5.75 Å². The van der Waals surface area contributed by atoms with Crippen molar-refractivity contribution in [2.24, 2.45) is 0 Å². The van der Waals surface area contributed by atoms with Crippen molar-refractivity contribution in [3.8, 4) is 16.9 Å². The zero-order valence-electron chi connectivity index (χ0n) is 18.3. The number of urea groups is 1. The van der Waals surface area contributed by atoms with Crippen molar-refractivity contribution in [1.29, 1.82) is 0 Å². The van der Waals surface area contributed by atoms with Crippen LogP contribution in [0, 0.1) is 0 Å². The van der Waals surface area contributed by atoms with Gasteiger partial charge in [0.2, 0.25) is 0 Å². The standard InChI is InChI=1S/C28H23ClN2O3/c29-25-14-8-7-13-23(25)27(32)31-28(33)30-22-15-16-26(24(19-22)21-11-5-2-6-12-21)34-18-17-20-9-3-1-4-10-20/h1-16,19H,17-18H2,(H2,30,31,32,33). The second-order valence-corrected chi connectivity index (χ2v) is 7.96. The van der Waals surface area contributed by atoms with Crippen LogP contribution in [0.5, 0.6) is 5.75 Å². The number of amides is 3. The summed E-state index contributed by atoms with van der Waals surface area (Å²) in [6, 6.07) is 31.2. The van der Waals surface area contributed by atoms with E-state index >= 15 is 0 Å². The predicted octanol–water partition coefficient (Wildman–Crippen LogP) is 6.59. The van der Waals surface area contributed by atoms with Gasteiger partial charge in [0.15, 0.2) is 0 Å². The average Bonchev–Trinajstić information content (AvgIpc) is 2.86. The van der Waals surface area contributed by atoms with E-state index in [-0.39, 0.29) is 10.6 Å². The average molecular weight is 471 g/mol. The molecule has 0 saturated heterocycles. The van der Waals surface area contributed by atoms with E-state index in [0.717, 1.165) is 17.5 Å². The highest BCUT2D eigenvalue weighted by Crippen LogP contribution is 2.33. The summed E-state index contributed by atoms with van der Waals surface area (Å²) >= 11 is 6.04. The highest BCUT2D eigenvalue weighted by atomic mass is 35.5. The molecule has 0 fully saturated rings. The van der Waals surface area contributed by atoms with Crippen molar-refractivity contribution in [3.63, 3.8) is 0 Å². The van der Waals surface area contributed by atoms with Gasteiger partial charge in [0, 0.05) is 17.7 Å². The Labute approximate surface area is 203 Å². The zero-order chi connectivity index (χ0) is 23.8. The van der Waals surface area contributed by atoms with Crippen molar-refractivity contribution >= 4 is 29.2 Å². The fourth-order valence-electron chi connectivity index (χ4n) is 3.48. The largest absolute Gasteiger partial charge is 0.493 e. The Morgan fingerprint density at radius 2 is 1.47 bits per heavy atom. The first-order chi connectivity index (χ1) is 16.6. The molecule has 0 saturated carbocycles. The minimum absolute atomic E-state index is 0.228. The van der Waals surface area contributed by atoms with Crippen LogP contribution in [0.2, 0.25) is 5.02 Å². The number of carbonyl (C=O) groups is 2. The van der Waals surface area contributed by atoms with Crippen molar-refractivity contribution in [1.82, 2.24) is 5.32 Å². The molecular formula is C28H23ClN2O3. The van der Waals surface area contributed by atoms with E-state index in [2.05, 4.69) is 22.8 Å². The number of carbonyl (C=O) groups excluding carboxylic acids is 2. The third kappa shape index (κ3) is 6.03. The Bertz CT molecular complexity index is 1280. The smallest absolute Gasteiger partial charge is 0.326 e. The molecule has 0 atom stereocenters. The molecule has 4 aromatic carbocycles. The molecule has 0 heterocycles. The molecule has 2 N–H and O–H groups in total. The number of anilines is 1. The Morgan fingerprint density at radius 1 is 0.794 bits per heavy atom. The lowest BCUT2D eigenvalue weighted by atomic mass is 10.0. The molecule has 34 heavy (non-hydrogen) atoms. The lowest BCUT2D eigenvalue weighted by Gasteiger charge is -2.14. The number of hydrogen-bond donors (Lipinski definition) is 2. The number of imide groups is 1. The molecule has 3 amide bonds. The van der Waals surface area contributed by atoms with Crippen LogP contribution in [0.4, 0.5) is 10.5 Å². The first-order valence-electron chi connectivity index (χ1n) is 10.8. The third-order valence-electron chi connectivity index (χ3n) is 5.16. The number of nitrogens with one attached hydrogen (secondary N) is 2. The highest BCUT2D eigenvalue weighted by Gasteiger charge is 2.14. The zero-order valence-corrected chi connectivity index (χ0v) is 19.1. The van der Waals surface area contributed by atoms with Gasteiger partial charge in [-0.25, -0.2) is 4.79 Å². The van der Waals surface area contributed by atoms with E-state index in [9.17, 15) is 9.59 Å². The van der Waals surface area contributed by atoms with Gasteiger partial charge in [-0.1, -0.05) is 84.4 Å². The molecule has 4 aromatic rings. The van der Waals surface area contributed by atoms with Crippen LogP contribution in [0.1, 0.15) is 15.9 Å². The van der Waals surface area contributed by atoms with E-state index in [0.29, 0.717) is 18.0 Å². The number of rotatable bonds is 7. The summed E-state index contributed by atoms with van der Waals surface area (Å²) in [6.45, 7) is 0.517. The molecule has 4 rings (SSSR count). The number of ether oxygens (including phenoxy) is 1. The van der Waals surface area contributed by atoms with Gasteiger partial charge >= 0.3 is 6.03 Å². The van der Waals surface area contributed by atoms with Crippen molar-refractivity contribution in [3.05, 3.63) is 119 Å². The fraction of sp³-hybridized carbons (Fsp3) is 0.0714. The van der Waals surface area contributed by atoms with E-state index in [1.165, 1.54) is 5.56 Å². The number of hydrogen-bond acceptors (Lipinski definition) is 3. The summed E-state index contributed by atoms with van der Waals surface area (Å²) in [7, 11) is 0. The third-order valence-corrected chi connectivity index (χ3v) is 5.49. The Kier molecular flexibility index (Phi) is 7.58. The second-order valence-electron chi connectivity index (χ2n) is 7.55. The fourth-order valence-corrected chi connectivity index (χ4v) is 3.70. The van der Waals surface area contributed by atoms with E-state index in [1.807, 2.05) is 60.7 Å². The van der Waals surface area contributed by atoms with E-state index in [4.69, 9.17) is 16.3 Å². The summed E-state index contributed by atoms with van der Waals surface area (Å²) in [6.07, 6.45) is 0.779. The quantitative estimate of drug-likeness (QED) is 0.320. The van der Waals surface area contributed by atoms with Gasteiger partial charge in [0.05, 0.1) is 17.2 Å². The topological polar surface area (TPSA) is 67.4 Å². The minimum atomic E-state index is -0.651. The van der Waals surface area contributed by atoms with Gasteiger partial charge in [-0.15, -0.1) is 0 Å². The maximum Gasteiger partial charge on any atom is 0.326 e. The summed E-state index contributed by atoms with van der Waals surface area (Å²) < 4.78 is 6.09. The van der Waals surface area contributed by atoms with Crippen LogP contribution in [0.15, 0.2) is 103 Å². The van der Waals surface area contributed by atoms with Crippen LogP contribution >= 0.6 is 11.6 Å². The lowest BCUT2D eigenvalue weighted by Crippen LogP contribution is -2.34. The Balaban J connectivity index is 1.48. The molecule has 0 radical (unpaired) electrons. The lowest BCUT2D eigenvalue weighted by molar-refractivity contribution is 0.0967. The molecule has 0 spiro atoms. The maximum absolute atomic E-state index is 12.5. The first-order valence-corrected chi connectivity index (χ1v) is 11.2. The molecule has 0 aliphatic rings. The SMILES string of the molecule is O=C(NC(=O)c1ccccc1Cl)Nc1ccc(OCCc2ccccc2)c(-c2ccccc2)c1. The van der Waals surface area contributed by atoms with E-state index < -0.39 is 11.9 Å².